The molecule has 1 fully saturated rings. The van der Waals surface area contributed by atoms with Crippen LogP contribution in [0.15, 0.2) is 4.52 Å². The molecule has 19 heavy (non-hydrogen) atoms. The van der Waals surface area contributed by atoms with Gasteiger partial charge in [-0.1, -0.05) is 32.3 Å². The van der Waals surface area contributed by atoms with Crippen LogP contribution in [0.1, 0.15) is 51.7 Å². The van der Waals surface area contributed by atoms with Gasteiger partial charge in [0.2, 0.25) is 5.89 Å². The molecule has 0 spiro atoms. The van der Waals surface area contributed by atoms with Crippen molar-refractivity contribution in [3.8, 4) is 0 Å². The average Bonchev–Trinajstić information content (AvgIpc) is 2.77. The third-order valence-electron chi connectivity index (χ3n) is 3.35. The Labute approximate surface area is 112 Å². The average molecular weight is 267 g/mol. The normalized spacial score (nSPS) is 21.5. The third-order valence-corrected chi connectivity index (χ3v) is 3.35. The first-order valence-corrected chi connectivity index (χ1v) is 6.68. The predicted molar refractivity (Wildman–Crippen MR) is 68.7 cm³/mol. The summed E-state index contributed by atoms with van der Waals surface area (Å²) in [7, 11) is 0. The summed E-state index contributed by atoms with van der Waals surface area (Å²) < 4.78 is 5.23. The first-order valence-electron chi connectivity index (χ1n) is 6.68. The highest BCUT2D eigenvalue weighted by Crippen LogP contribution is 2.22. The van der Waals surface area contributed by atoms with E-state index in [9.17, 15) is 9.90 Å². The minimum atomic E-state index is -0.765. The van der Waals surface area contributed by atoms with Crippen molar-refractivity contribution in [3.05, 3.63) is 11.7 Å². The summed E-state index contributed by atoms with van der Waals surface area (Å²) in [5.74, 6) is 0.392. The van der Waals surface area contributed by atoms with E-state index >= 15 is 0 Å². The molecule has 0 aromatic carbocycles. The van der Waals surface area contributed by atoms with Crippen molar-refractivity contribution in [2.24, 2.45) is 0 Å². The predicted octanol–water partition coefficient (Wildman–Crippen LogP) is 1.81. The number of aliphatic carboxylic acids is 1. The lowest BCUT2D eigenvalue weighted by atomic mass is 9.97. The van der Waals surface area contributed by atoms with Gasteiger partial charge in [0.1, 0.15) is 6.04 Å². The highest BCUT2D eigenvalue weighted by atomic mass is 16.5. The molecule has 0 bridgehead atoms. The largest absolute Gasteiger partial charge is 0.480 e. The van der Waals surface area contributed by atoms with Crippen molar-refractivity contribution < 1.29 is 14.4 Å². The van der Waals surface area contributed by atoms with E-state index in [1.165, 1.54) is 0 Å². The van der Waals surface area contributed by atoms with E-state index in [2.05, 4.69) is 10.1 Å². The van der Waals surface area contributed by atoms with E-state index in [-0.39, 0.29) is 5.41 Å². The number of nitrogens with zero attached hydrogens (tertiary/aromatic N) is 3. The minimum absolute atomic E-state index is 0.181. The Morgan fingerprint density at radius 2 is 2.21 bits per heavy atom. The van der Waals surface area contributed by atoms with Gasteiger partial charge in [0.25, 0.3) is 0 Å². The third kappa shape index (κ3) is 3.32. The van der Waals surface area contributed by atoms with E-state index < -0.39 is 12.0 Å². The molecule has 1 aliphatic heterocycles. The molecule has 1 aromatic heterocycles. The Balaban J connectivity index is 2.07. The zero-order chi connectivity index (χ0) is 14.0. The molecule has 1 saturated heterocycles. The number of carbonyl (C=O) groups is 1. The van der Waals surface area contributed by atoms with Crippen LogP contribution in [-0.2, 0) is 16.8 Å². The van der Waals surface area contributed by atoms with Gasteiger partial charge >= 0.3 is 5.97 Å². The van der Waals surface area contributed by atoms with Gasteiger partial charge < -0.3 is 9.63 Å². The number of likely N-dealkylation sites (tertiary alicyclic amines) is 1. The lowest BCUT2D eigenvalue weighted by Crippen LogP contribution is -2.44. The molecule has 6 nitrogen and oxygen atoms in total. The summed E-state index contributed by atoms with van der Waals surface area (Å²) in [6.07, 6.45) is 2.68. The van der Waals surface area contributed by atoms with Crippen molar-refractivity contribution in [1.82, 2.24) is 15.0 Å². The smallest absolute Gasteiger partial charge is 0.320 e. The molecular weight excluding hydrogens is 246 g/mol. The van der Waals surface area contributed by atoms with Crippen molar-refractivity contribution in [2.75, 3.05) is 6.54 Å². The van der Waals surface area contributed by atoms with E-state index in [1.54, 1.807) is 0 Å². The second-order valence-electron chi connectivity index (χ2n) is 6.09. The van der Waals surface area contributed by atoms with Crippen LogP contribution in [0.3, 0.4) is 0 Å². The van der Waals surface area contributed by atoms with Gasteiger partial charge in [0.15, 0.2) is 5.82 Å². The first-order chi connectivity index (χ1) is 8.88. The number of carboxylic acids is 1. The highest BCUT2D eigenvalue weighted by molar-refractivity contribution is 5.73. The Kier molecular flexibility index (Phi) is 3.89. The molecule has 6 heteroatoms. The summed E-state index contributed by atoms with van der Waals surface area (Å²) >= 11 is 0. The second kappa shape index (κ2) is 5.28. The van der Waals surface area contributed by atoms with Crippen molar-refractivity contribution in [3.63, 3.8) is 0 Å². The maximum atomic E-state index is 11.2. The van der Waals surface area contributed by atoms with Gasteiger partial charge in [-0.05, 0) is 19.4 Å². The van der Waals surface area contributed by atoms with E-state index in [0.717, 1.165) is 19.4 Å². The number of hydrogen-bond acceptors (Lipinski definition) is 5. The molecular formula is C13H21N3O3. The molecule has 0 radical (unpaired) electrons. The fraction of sp³-hybridized carbons (Fsp3) is 0.769. The van der Waals surface area contributed by atoms with Gasteiger partial charge in [-0.2, -0.15) is 4.98 Å². The zero-order valence-corrected chi connectivity index (χ0v) is 11.7. The van der Waals surface area contributed by atoms with Crippen molar-refractivity contribution >= 4 is 5.97 Å². The molecule has 0 aliphatic carbocycles. The monoisotopic (exact) mass is 267 g/mol. The van der Waals surface area contributed by atoms with E-state index in [4.69, 9.17) is 4.52 Å². The van der Waals surface area contributed by atoms with Gasteiger partial charge in [0.05, 0.1) is 6.54 Å². The maximum Gasteiger partial charge on any atom is 0.320 e. The van der Waals surface area contributed by atoms with Crippen LogP contribution in [-0.4, -0.2) is 38.7 Å². The lowest BCUT2D eigenvalue weighted by molar-refractivity contribution is -0.144. The van der Waals surface area contributed by atoms with Crippen LogP contribution in [0.4, 0.5) is 0 Å². The summed E-state index contributed by atoms with van der Waals surface area (Å²) in [4.78, 5) is 17.5. The van der Waals surface area contributed by atoms with Crippen LogP contribution >= 0.6 is 0 Å². The van der Waals surface area contributed by atoms with E-state index in [1.807, 2.05) is 25.7 Å². The molecule has 1 unspecified atom stereocenters. The molecule has 1 atom stereocenters. The minimum Gasteiger partial charge on any atom is -0.480 e. The standard InChI is InChI=1S/C13H21N3O3/c1-13(2,3)12-14-10(15-19-12)8-16-7-5-4-6-9(16)11(17)18/h9H,4-8H2,1-3H3,(H,17,18). The SMILES string of the molecule is CC(C)(C)c1nc(CN2CCCCC2C(=O)O)no1. The van der Waals surface area contributed by atoms with Crippen molar-refractivity contribution in [2.45, 2.75) is 58.0 Å². The number of rotatable bonds is 3. The maximum absolute atomic E-state index is 11.2. The number of aromatic nitrogens is 2. The topological polar surface area (TPSA) is 79.5 Å². The summed E-state index contributed by atoms with van der Waals surface area (Å²) in [6.45, 7) is 7.23. The molecule has 1 N–H and O–H groups in total. The summed E-state index contributed by atoms with van der Waals surface area (Å²) in [5.41, 5.74) is -0.181. The Morgan fingerprint density at radius 3 is 2.79 bits per heavy atom. The van der Waals surface area contributed by atoms with Crippen LogP contribution in [0, 0.1) is 0 Å². The highest BCUT2D eigenvalue weighted by Gasteiger charge is 2.30. The van der Waals surface area contributed by atoms with Gasteiger partial charge in [-0.15, -0.1) is 0 Å². The quantitative estimate of drug-likeness (QED) is 0.899. The zero-order valence-electron chi connectivity index (χ0n) is 11.7. The molecule has 0 saturated carbocycles. The Hall–Kier alpha value is -1.43. The number of piperidine rings is 1. The van der Waals surface area contributed by atoms with Crippen molar-refractivity contribution in [1.29, 1.82) is 0 Å². The molecule has 1 aliphatic rings. The molecule has 1 aromatic rings. The number of hydrogen-bond donors (Lipinski definition) is 1. The molecule has 2 heterocycles. The van der Waals surface area contributed by atoms with Crippen LogP contribution in [0.2, 0.25) is 0 Å². The summed E-state index contributed by atoms with van der Waals surface area (Å²) in [6, 6.07) is -0.426. The van der Waals surface area contributed by atoms with Crippen LogP contribution in [0.25, 0.3) is 0 Å². The molecule has 106 valence electrons. The lowest BCUT2D eigenvalue weighted by Gasteiger charge is -2.31. The van der Waals surface area contributed by atoms with Crippen LogP contribution in [0.5, 0.6) is 0 Å². The number of carboxylic acid groups (broad SMARTS) is 1. The van der Waals surface area contributed by atoms with Gasteiger partial charge in [-0.3, -0.25) is 9.69 Å². The first kappa shape index (κ1) is 14.0. The Morgan fingerprint density at radius 1 is 1.47 bits per heavy atom. The second-order valence-corrected chi connectivity index (χ2v) is 6.09. The van der Waals surface area contributed by atoms with Gasteiger partial charge in [0, 0.05) is 5.41 Å². The van der Waals surface area contributed by atoms with Gasteiger partial charge in [-0.25, -0.2) is 0 Å². The fourth-order valence-corrected chi connectivity index (χ4v) is 2.26. The summed E-state index contributed by atoms with van der Waals surface area (Å²) in [5, 5.41) is 13.2. The molecule has 0 amide bonds. The Bertz CT molecular complexity index is 450. The molecule has 2 rings (SSSR count). The van der Waals surface area contributed by atoms with Crippen LogP contribution < -0.4 is 0 Å². The van der Waals surface area contributed by atoms with E-state index in [0.29, 0.717) is 24.7 Å². The fourth-order valence-electron chi connectivity index (χ4n) is 2.26.